The third-order valence-corrected chi connectivity index (χ3v) is 5.69. The normalized spacial score (nSPS) is 15.2. The second kappa shape index (κ2) is 10.9. The van der Waals surface area contributed by atoms with Gasteiger partial charge >= 0.3 is 0 Å². The van der Waals surface area contributed by atoms with Crippen molar-refractivity contribution in [3.05, 3.63) is 29.8 Å². The maximum absolute atomic E-state index is 12.7. The fourth-order valence-corrected chi connectivity index (χ4v) is 4.21. The summed E-state index contributed by atoms with van der Waals surface area (Å²) < 4.78 is 31.9. The van der Waals surface area contributed by atoms with Crippen LogP contribution in [0.4, 0.5) is 5.69 Å². The second-order valence-corrected chi connectivity index (χ2v) is 8.04. The molecule has 0 aromatic heterocycles. The lowest BCUT2D eigenvalue weighted by atomic mass is 10.2. The van der Waals surface area contributed by atoms with Crippen LogP contribution in [0.1, 0.15) is 19.4 Å². The highest BCUT2D eigenvalue weighted by atomic mass is 127. The summed E-state index contributed by atoms with van der Waals surface area (Å²) in [7, 11) is -1.74. The Morgan fingerprint density at radius 1 is 1.38 bits per heavy atom. The van der Waals surface area contributed by atoms with Crippen LogP contribution in [0.25, 0.3) is 0 Å². The number of benzene rings is 1. The van der Waals surface area contributed by atoms with Gasteiger partial charge in [-0.25, -0.2) is 8.42 Å². The van der Waals surface area contributed by atoms with E-state index in [1.165, 1.54) is 4.31 Å². The molecule has 0 saturated heterocycles. The first-order valence-corrected chi connectivity index (χ1v) is 10.2. The Morgan fingerprint density at radius 2 is 2.12 bits per heavy atom. The topological polar surface area (TPSA) is 83.0 Å². The Morgan fingerprint density at radius 3 is 2.81 bits per heavy atom. The summed E-state index contributed by atoms with van der Waals surface area (Å²) >= 11 is 0. The van der Waals surface area contributed by atoms with E-state index in [2.05, 4.69) is 15.6 Å². The average Bonchev–Trinajstić information content (AvgIpc) is 3.00. The van der Waals surface area contributed by atoms with Gasteiger partial charge in [0.15, 0.2) is 5.96 Å². The van der Waals surface area contributed by atoms with Gasteiger partial charge in [-0.2, -0.15) is 0 Å². The summed E-state index contributed by atoms with van der Waals surface area (Å²) in [6, 6.07) is 7.74. The molecular formula is C17H29IN4O3S. The number of sulfonamides is 1. The minimum absolute atomic E-state index is 0. The van der Waals surface area contributed by atoms with Crippen molar-refractivity contribution >= 4 is 45.6 Å². The minimum Gasteiger partial charge on any atom is -0.383 e. The van der Waals surface area contributed by atoms with Crippen LogP contribution in [0.5, 0.6) is 0 Å². The van der Waals surface area contributed by atoms with Crippen LogP contribution in [-0.4, -0.2) is 59.5 Å². The smallest absolute Gasteiger partial charge is 0.237 e. The van der Waals surface area contributed by atoms with E-state index in [-0.39, 0.29) is 42.3 Å². The molecule has 26 heavy (non-hydrogen) atoms. The number of halogens is 1. The number of methoxy groups -OCH3 is 1. The Kier molecular flexibility index (Phi) is 9.66. The van der Waals surface area contributed by atoms with E-state index in [0.29, 0.717) is 25.7 Å². The van der Waals surface area contributed by atoms with Gasteiger partial charge < -0.3 is 15.4 Å². The molecule has 1 aromatic rings. The predicted octanol–water partition coefficient (Wildman–Crippen LogP) is 1.59. The number of anilines is 1. The van der Waals surface area contributed by atoms with Crippen molar-refractivity contribution in [2.24, 2.45) is 4.99 Å². The number of ether oxygens (including phenoxy) is 1. The number of hydrogen-bond donors (Lipinski definition) is 2. The summed E-state index contributed by atoms with van der Waals surface area (Å²) in [6.07, 6.45) is 0.761. The molecule has 148 valence electrons. The van der Waals surface area contributed by atoms with Crippen molar-refractivity contribution in [1.82, 2.24) is 10.6 Å². The molecule has 0 bridgehead atoms. The lowest BCUT2D eigenvalue weighted by Gasteiger charge is -2.20. The van der Waals surface area contributed by atoms with Crippen molar-refractivity contribution in [1.29, 1.82) is 0 Å². The molecule has 2 rings (SSSR count). The van der Waals surface area contributed by atoms with Crippen LogP contribution in [0.15, 0.2) is 29.3 Å². The number of nitrogens with one attached hydrogen (secondary N) is 2. The molecular weight excluding hydrogens is 467 g/mol. The molecule has 1 heterocycles. The van der Waals surface area contributed by atoms with Crippen LogP contribution in [-0.2, 0) is 21.2 Å². The summed E-state index contributed by atoms with van der Waals surface area (Å²) in [5.41, 5.74) is 1.88. The number of nitrogens with zero attached hydrogens (tertiary/aromatic N) is 2. The van der Waals surface area contributed by atoms with Gasteiger partial charge in [0.05, 0.1) is 24.6 Å². The lowest BCUT2D eigenvalue weighted by Crippen LogP contribution is -2.44. The first-order valence-electron chi connectivity index (χ1n) is 8.60. The summed E-state index contributed by atoms with van der Waals surface area (Å²) in [6.45, 7) is 5.92. The van der Waals surface area contributed by atoms with Gasteiger partial charge in [-0.05, 0) is 31.9 Å². The molecule has 1 aliphatic heterocycles. The monoisotopic (exact) mass is 496 g/mol. The highest BCUT2D eigenvalue weighted by Gasteiger charge is 2.28. The third-order valence-electron chi connectivity index (χ3n) is 3.94. The maximum Gasteiger partial charge on any atom is 0.237 e. The summed E-state index contributed by atoms with van der Waals surface area (Å²) in [5, 5.41) is 6.31. The largest absolute Gasteiger partial charge is 0.383 e. The Balaban J connectivity index is 0.00000338. The van der Waals surface area contributed by atoms with Crippen LogP contribution in [0.2, 0.25) is 0 Å². The van der Waals surface area contributed by atoms with E-state index in [9.17, 15) is 8.42 Å². The van der Waals surface area contributed by atoms with Gasteiger partial charge in [0.2, 0.25) is 10.0 Å². The molecule has 1 aromatic carbocycles. The zero-order valence-electron chi connectivity index (χ0n) is 15.6. The van der Waals surface area contributed by atoms with Crippen LogP contribution >= 0.6 is 24.0 Å². The number of rotatable bonds is 8. The standard InChI is InChI=1S/C17H28N4O3S.HI/c1-4-18-17(20-14(2)13-24-3)19-10-12-25(22,23)21-11-9-15-7-5-6-8-16(15)21;/h5-8,14H,4,9-13H2,1-3H3,(H2,18,19,20);1H. The van der Waals surface area contributed by atoms with E-state index in [1.54, 1.807) is 7.11 Å². The number of para-hydroxylation sites is 1. The molecule has 0 saturated carbocycles. The molecule has 1 atom stereocenters. The van der Waals surface area contributed by atoms with E-state index in [4.69, 9.17) is 4.74 Å². The SMILES string of the molecule is CCNC(=NCCS(=O)(=O)N1CCc2ccccc21)NC(C)COC.I. The molecule has 1 aliphatic rings. The molecule has 0 aliphatic carbocycles. The molecule has 9 heteroatoms. The van der Waals surface area contributed by atoms with Crippen molar-refractivity contribution in [2.75, 3.05) is 43.4 Å². The molecule has 1 unspecified atom stereocenters. The van der Waals surface area contributed by atoms with Gasteiger partial charge in [0.1, 0.15) is 0 Å². The van der Waals surface area contributed by atoms with E-state index in [1.807, 2.05) is 38.1 Å². The van der Waals surface area contributed by atoms with Gasteiger partial charge in [0.25, 0.3) is 0 Å². The van der Waals surface area contributed by atoms with Crippen molar-refractivity contribution in [2.45, 2.75) is 26.3 Å². The molecule has 7 nitrogen and oxygen atoms in total. The summed E-state index contributed by atoms with van der Waals surface area (Å²) in [5.74, 6) is 0.584. The number of guanidine groups is 1. The predicted molar refractivity (Wildman–Crippen MR) is 117 cm³/mol. The van der Waals surface area contributed by atoms with Crippen LogP contribution in [0.3, 0.4) is 0 Å². The van der Waals surface area contributed by atoms with Crippen molar-refractivity contribution < 1.29 is 13.2 Å². The quantitative estimate of drug-likeness (QED) is 0.325. The number of aliphatic imine (C=N–C) groups is 1. The number of fused-ring (bicyclic) bond motifs is 1. The fraction of sp³-hybridized carbons (Fsp3) is 0.588. The zero-order chi connectivity index (χ0) is 18.3. The van der Waals surface area contributed by atoms with Crippen LogP contribution < -0.4 is 14.9 Å². The molecule has 0 amide bonds. The third kappa shape index (κ3) is 6.27. The Hall–Kier alpha value is -1.07. The first kappa shape index (κ1) is 23.0. The highest BCUT2D eigenvalue weighted by molar-refractivity contribution is 14.0. The molecule has 0 radical (unpaired) electrons. The molecule has 2 N–H and O–H groups in total. The van der Waals surface area contributed by atoms with Crippen molar-refractivity contribution in [3.8, 4) is 0 Å². The van der Waals surface area contributed by atoms with Gasteiger partial charge in [0, 0.05) is 26.2 Å². The van der Waals surface area contributed by atoms with Crippen molar-refractivity contribution in [3.63, 3.8) is 0 Å². The highest BCUT2D eigenvalue weighted by Crippen LogP contribution is 2.29. The first-order chi connectivity index (χ1) is 12.0. The molecule has 0 spiro atoms. The average molecular weight is 496 g/mol. The van der Waals surface area contributed by atoms with E-state index < -0.39 is 10.0 Å². The second-order valence-electron chi connectivity index (χ2n) is 6.03. The lowest BCUT2D eigenvalue weighted by molar-refractivity contribution is 0.179. The van der Waals surface area contributed by atoms with Gasteiger partial charge in [-0.15, -0.1) is 24.0 Å². The van der Waals surface area contributed by atoms with Gasteiger partial charge in [-0.3, -0.25) is 9.30 Å². The molecule has 0 fully saturated rings. The zero-order valence-corrected chi connectivity index (χ0v) is 18.7. The Labute approximate surface area is 173 Å². The Bertz CT molecular complexity index is 697. The minimum atomic E-state index is -3.38. The van der Waals surface area contributed by atoms with E-state index in [0.717, 1.165) is 17.7 Å². The van der Waals surface area contributed by atoms with Gasteiger partial charge in [-0.1, -0.05) is 18.2 Å². The number of hydrogen-bond acceptors (Lipinski definition) is 4. The summed E-state index contributed by atoms with van der Waals surface area (Å²) in [4.78, 5) is 4.38. The van der Waals surface area contributed by atoms with Crippen LogP contribution in [0, 0.1) is 0 Å². The fourth-order valence-electron chi connectivity index (χ4n) is 2.82. The van der Waals surface area contributed by atoms with E-state index >= 15 is 0 Å². The maximum atomic E-state index is 12.7.